The van der Waals surface area contributed by atoms with Crippen LogP contribution < -0.4 is 10.6 Å². The number of nitrogens with one attached hydrogen (secondary N) is 2. The van der Waals surface area contributed by atoms with Crippen molar-refractivity contribution in [2.45, 2.75) is 19.9 Å². The van der Waals surface area contributed by atoms with Crippen LogP contribution in [-0.4, -0.2) is 11.8 Å². The van der Waals surface area contributed by atoms with Gasteiger partial charge in [-0.3, -0.25) is 9.59 Å². The summed E-state index contributed by atoms with van der Waals surface area (Å²) in [5.41, 5.74) is 4.25. The summed E-state index contributed by atoms with van der Waals surface area (Å²) in [4.78, 5) is 24.7. The molecule has 4 rings (SSSR count). The third-order valence-electron chi connectivity index (χ3n) is 4.30. The van der Waals surface area contributed by atoms with Crippen LogP contribution in [-0.2, 0) is 4.79 Å². The summed E-state index contributed by atoms with van der Waals surface area (Å²) in [5.74, 6) is -0.440. The number of amides is 2. The van der Waals surface area contributed by atoms with Crippen molar-refractivity contribution in [2.75, 3.05) is 5.32 Å². The zero-order chi connectivity index (χ0) is 16.8. The first-order valence-corrected chi connectivity index (χ1v) is 7.74. The minimum absolute atomic E-state index is 0.199. The first kappa shape index (κ1) is 14.5. The van der Waals surface area contributed by atoms with Crippen LogP contribution in [0.5, 0.6) is 0 Å². The van der Waals surface area contributed by atoms with Crippen molar-refractivity contribution >= 4 is 28.5 Å². The summed E-state index contributed by atoms with van der Waals surface area (Å²) in [6.07, 6.45) is 0. The van der Waals surface area contributed by atoms with Crippen molar-refractivity contribution in [1.29, 1.82) is 0 Å². The zero-order valence-electron chi connectivity index (χ0n) is 13.3. The van der Waals surface area contributed by atoms with E-state index in [1.165, 1.54) is 0 Å². The maximum Gasteiger partial charge on any atom is 0.287 e. The minimum Gasteiger partial charge on any atom is -0.451 e. The Bertz CT molecular complexity index is 987. The zero-order valence-corrected chi connectivity index (χ0v) is 13.3. The Hall–Kier alpha value is -3.08. The van der Waals surface area contributed by atoms with Crippen LogP contribution in [0.1, 0.15) is 33.3 Å². The number of aryl methyl sites for hydroxylation is 2. The van der Waals surface area contributed by atoms with Gasteiger partial charge in [-0.25, -0.2) is 0 Å². The summed E-state index contributed by atoms with van der Waals surface area (Å²) in [7, 11) is 0. The largest absolute Gasteiger partial charge is 0.451 e. The van der Waals surface area contributed by atoms with E-state index in [1.54, 1.807) is 6.07 Å². The monoisotopic (exact) mass is 320 g/mol. The number of furan rings is 1. The van der Waals surface area contributed by atoms with Gasteiger partial charge in [0.1, 0.15) is 11.6 Å². The smallest absolute Gasteiger partial charge is 0.287 e. The van der Waals surface area contributed by atoms with Gasteiger partial charge in [-0.15, -0.1) is 0 Å². The van der Waals surface area contributed by atoms with Crippen molar-refractivity contribution in [1.82, 2.24) is 5.32 Å². The molecule has 0 saturated carbocycles. The standard InChI is InChI=1S/C19H16N2O3/c1-10-6-7-14-12(8-10)9-15(24-14)18(22)21-17-16-11(2)4-3-5-13(16)20-19(17)23/h3-9,17H,1-2H3,(H,20,23)(H,21,22)/t17-/m0/s1. The molecule has 1 aromatic heterocycles. The van der Waals surface area contributed by atoms with E-state index in [2.05, 4.69) is 10.6 Å². The highest BCUT2D eigenvalue weighted by Gasteiger charge is 2.33. The van der Waals surface area contributed by atoms with E-state index in [-0.39, 0.29) is 11.7 Å². The SMILES string of the molecule is Cc1ccc2oc(C(=O)N[C@@H]3C(=O)Nc4cccc(C)c43)cc2c1. The topological polar surface area (TPSA) is 71.3 Å². The Balaban J connectivity index is 1.65. The van der Waals surface area contributed by atoms with Gasteiger partial charge in [-0.1, -0.05) is 23.8 Å². The molecule has 120 valence electrons. The predicted molar refractivity (Wildman–Crippen MR) is 91.0 cm³/mol. The molecule has 2 N–H and O–H groups in total. The number of carbonyl (C=O) groups excluding carboxylic acids is 2. The van der Waals surface area contributed by atoms with Crippen LogP contribution in [0.2, 0.25) is 0 Å². The molecule has 0 spiro atoms. The maximum absolute atomic E-state index is 12.5. The molecule has 2 amide bonds. The molecule has 5 heteroatoms. The second-order valence-corrected chi connectivity index (χ2v) is 6.08. The molecule has 2 heterocycles. The number of fused-ring (bicyclic) bond motifs is 2. The first-order valence-electron chi connectivity index (χ1n) is 7.74. The van der Waals surface area contributed by atoms with E-state index < -0.39 is 11.9 Å². The van der Waals surface area contributed by atoms with Crippen molar-refractivity contribution in [3.8, 4) is 0 Å². The Labute approximate surface area is 138 Å². The fraction of sp³-hybridized carbons (Fsp3) is 0.158. The second-order valence-electron chi connectivity index (χ2n) is 6.08. The molecule has 0 fully saturated rings. The Morgan fingerprint density at radius 2 is 2.00 bits per heavy atom. The average Bonchev–Trinajstić information content (AvgIpc) is 3.09. The van der Waals surface area contributed by atoms with E-state index in [4.69, 9.17) is 4.42 Å². The summed E-state index contributed by atoms with van der Waals surface area (Å²) < 4.78 is 5.60. The lowest BCUT2D eigenvalue weighted by atomic mass is 10.0. The molecule has 1 atom stereocenters. The van der Waals surface area contributed by atoms with Crippen LogP contribution in [0, 0.1) is 13.8 Å². The number of anilines is 1. The van der Waals surface area contributed by atoms with Crippen LogP contribution in [0.3, 0.4) is 0 Å². The van der Waals surface area contributed by atoms with Crippen molar-refractivity contribution < 1.29 is 14.0 Å². The Kier molecular flexibility index (Phi) is 3.16. The third-order valence-corrected chi connectivity index (χ3v) is 4.30. The number of hydrogen-bond donors (Lipinski definition) is 2. The summed E-state index contributed by atoms with van der Waals surface area (Å²) in [6, 6.07) is 12.3. The van der Waals surface area contributed by atoms with Gasteiger partial charge >= 0.3 is 0 Å². The highest BCUT2D eigenvalue weighted by Crippen LogP contribution is 2.33. The van der Waals surface area contributed by atoms with Gasteiger partial charge in [0.2, 0.25) is 0 Å². The number of hydrogen-bond acceptors (Lipinski definition) is 3. The lowest BCUT2D eigenvalue weighted by molar-refractivity contribution is -0.117. The fourth-order valence-electron chi connectivity index (χ4n) is 3.12. The van der Waals surface area contributed by atoms with Crippen LogP contribution in [0.15, 0.2) is 46.9 Å². The maximum atomic E-state index is 12.5. The molecular formula is C19H16N2O3. The number of benzene rings is 2. The van der Waals surface area contributed by atoms with Gasteiger partial charge in [0.15, 0.2) is 5.76 Å². The van der Waals surface area contributed by atoms with Crippen LogP contribution in [0.4, 0.5) is 5.69 Å². The van der Waals surface area contributed by atoms with Gasteiger partial charge in [-0.05, 0) is 43.7 Å². The fourth-order valence-corrected chi connectivity index (χ4v) is 3.12. The Morgan fingerprint density at radius 3 is 2.83 bits per heavy atom. The lowest BCUT2D eigenvalue weighted by Crippen LogP contribution is -2.32. The van der Waals surface area contributed by atoms with Crippen molar-refractivity contribution in [3.05, 3.63) is 64.9 Å². The Morgan fingerprint density at radius 1 is 1.17 bits per heavy atom. The van der Waals surface area contributed by atoms with Crippen molar-refractivity contribution in [3.63, 3.8) is 0 Å². The average molecular weight is 320 g/mol. The van der Waals surface area contributed by atoms with Gasteiger partial charge in [0, 0.05) is 16.6 Å². The summed E-state index contributed by atoms with van der Waals surface area (Å²) in [5, 5.41) is 6.44. The quantitative estimate of drug-likeness (QED) is 0.759. The van der Waals surface area contributed by atoms with E-state index in [9.17, 15) is 9.59 Å². The molecule has 0 radical (unpaired) electrons. The lowest BCUT2D eigenvalue weighted by Gasteiger charge is -2.12. The molecular weight excluding hydrogens is 304 g/mol. The van der Waals surface area contributed by atoms with E-state index in [0.717, 1.165) is 27.8 Å². The van der Waals surface area contributed by atoms with E-state index in [0.29, 0.717) is 5.58 Å². The van der Waals surface area contributed by atoms with Gasteiger partial charge in [0.25, 0.3) is 11.8 Å². The molecule has 24 heavy (non-hydrogen) atoms. The highest BCUT2D eigenvalue weighted by molar-refractivity contribution is 6.06. The van der Waals surface area contributed by atoms with Gasteiger partial charge in [-0.2, -0.15) is 0 Å². The normalized spacial score (nSPS) is 16.1. The number of rotatable bonds is 2. The molecule has 0 bridgehead atoms. The molecule has 0 saturated heterocycles. The summed E-state index contributed by atoms with van der Waals surface area (Å²) >= 11 is 0. The molecule has 1 aliphatic heterocycles. The van der Waals surface area contributed by atoms with Crippen LogP contribution >= 0.6 is 0 Å². The molecule has 5 nitrogen and oxygen atoms in total. The second kappa shape index (κ2) is 5.23. The molecule has 1 aliphatic rings. The van der Waals surface area contributed by atoms with E-state index in [1.807, 2.05) is 50.2 Å². The molecule has 0 unspecified atom stereocenters. The molecule has 3 aromatic rings. The van der Waals surface area contributed by atoms with Crippen molar-refractivity contribution in [2.24, 2.45) is 0 Å². The highest BCUT2D eigenvalue weighted by atomic mass is 16.3. The number of carbonyl (C=O) groups is 2. The minimum atomic E-state index is -0.705. The van der Waals surface area contributed by atoms with Gasteiger partial charge in [0.05, 0.1) is 0 Å². The van der Waals surface area contributed by atoms with Crippen LogP contribution in [0.25, 0.3) is 11.0 Å². The first-order chi connectivity index (χ1) is 11.5. The molecule has 0 aliphatic carbocycles. The molecule has 2 aromatic carbocycles. The van der Waals surface area contributed by atoms with Gasteiger partial charge < -0.3 is 15.1 Å². The third kappa shape index (κ3) is 2.25. The summed E-state index contributed by atoms with van der Waals surface area (Å²) in [6.45, 7) is 3.90. The predicted octanol–water partition coefficient (Wildman–Crippen LogP) is 3.47. The van der Waals surface area contributed by atoms with E-state index >= 15 is 0 Å².